The van der Waals surface area contributed by atoms with Crippen LogP contribution in [-0.2, 0) is 12.8 Å². The Kier molecular flexibility index (Phi) is 7.51. The molecule has 0 fully saturated rings. The summed E-state index contributed by atoms with van der Waals surface area (Å²) in [6.07, 6.45) is 15.7. The Morgan fingerprint density at radius 1 is 1.17 bits per heavy atom. The Hall–Kier alpha value is -1.12. The summed E-state index contributed by atoms with van der Waals surface area (Å²) < 4.78 is 0. The molecule has 0 aromatic heterocycles. The van der Waals surface area contributed by atoms with E-state index in [-0.39, 0.29) is 12.5 Å². The largest absolute Gasteiger partial charge is 0.394 e. The Morgan fingerprint density at radius 2 is 1.92 bits per heavy atom. The molecule has 0 bridgehead atoms. The molecule has 0 spiro atoms. The van der Waals surface area contributed by atoms with E-state index in [4.69, 9.17) is 5.73 Å². The molecule has 0 saturated heterocycles. The van der Waals surface area contributed by atoms with Crippen molar-refractivity contribution in [2.45, 2.75) is 77.2 Å². The summed E-state index contributed by atoms with van der Waals surface area (Å²) in [7, 11) is 0. The molecule has 0 amide bonds. The Morgan fingerprint density at radius 3 is 2.67 bits per heavy atom. The SMILES string of the molecule is CCCCCCCCc1ccc2c(c1)CC[C@@H]([C@@](C)(N)CO)C=C2. The first-order valence-electron chi connectivity index (χ1n) is 9.76. The third-order valence-electron chi connectivity index (χ3n) is 5.45. The molecule has 1 aliphatic carbocycles. The molecule has 0 unspecified atom stereocenters. The van der Waals surface area contributed by atoms with Crippen molar-refractivity contribution in [3.63, 3.8) is 0 Å². The van der Waals surface area contributed by atoms with Crippen molar-refractivity contribution >= 4 is 6.08 Å². The highest BCUT2D eigenvalue weighted by atomic mass is 16.3. The highest BCUT2D eigenvalue weighted by molar-refractivity contribution is 5.56. The molecule has 24 heavy (non-hydrogen) atoms. The Balaban J connectivity index is 1.89. The molecule has 3 N–H and O–H groups in total. The van der Waals surface area contributed by atoms with Crippen molar-refractivity contribution in [1.82, 2.24) is 0 Å². The fourth-order valence-corrected chi connectivity index (χ4v) is 3.60. The van der Waals surface area contributed by atoms with Gasteiger partial charge in [-0.1, -0.05) is 69.4 Å². The summed E-state index contributed by atoms with van der Waals surface area (Å²) in [6.45, 7) is 4.24. The second kappa shape index (κ2) is 9.39. The zero-order valence-corrected chi connectivity index (χ0v) is 15.6. The first kappa shape index (κ1) is 19.2. The smallest absolute Gasteiger partial charge is 0.0614 e. The number of rotatable bonds is 9. The van der Waals surface area contributed by atoms with Crippen LogP contribution in [0.3, 0.4) is 0 Å². The van der Waals surface area contributed by atoms with E-state index in [1.54, 1.807) is 0 Å². The van der Waals surface area contributed by atoms with Crippen molar-refractivity contribution < 1.29 is 5.11 Å². The normalized spacial score (nSPS) is 19.6. The highest BCUT2D eigenvalue weighted by Crippen LogP contribution is 2.28. The summed E-state index contributed by atoms with van der Waals surface area (Å²) >= 11 is 0. The lowest BCUT2D eigenvalue weighted by molar-refractivity contribution is 0.170. The topological polar surface area (TPSA) is 46.2 Å². The van der Waals surface area contributed by atoms with E-state index in [2.05, 4.69) is 37.3 Å². The van der Waals surface area contributed by atoms with E-state index < -0.39 is 5.54 Å². The molecule has 2 heteroatoms. The summed E-state index contributed by atoms with van der Waals surface area (Å²) in [5.41, 5.74) is 9.93. The van der Waals surface area contributed by atoms with Crippen LogP contribution in [0.25, 0.3) is 6.08 Å². The minimum Gasteiger partial charge on any atom is -0.394 e. The first-order chi connectivity index (χ1) is 11.6. The lowest BCUT2D eigenvalue weighted by Crippen LogP contribution is -2.46. The summed E-state index contributed by atoms with van der Waals surface area (Å²) in [4.78, 5) is 0. The zero-order valence-electron chi connectivity index (χ0n) is 15.6. The lowest BCUT2D eigenvalue weighted by Gasteiger charge is -2.29. The minimum absolute atomic E-state index is 0.0294. The van der Waals surface area contributed by atoms with Crippen LogP contribution in [0.5, 0.6) is 0 Å². The van der Waals surface area contributed by atoms with Crippen molar-refractivity contribution in [1.29, 1.82) is 0 Å². The van der Waals surface area contributed by atoms with Gasteiger partial charge in [0.25, 0.3) is 0 Å². The monoisotopic (exact) mass is 329 g/mol. The van der Waals surface area contributed by atoms with Gasteiger partial charge in [-0.2, -0.15) is 0 Å². The molecule has 0 aliphatic heterocycles. The van der Waals surface area contributed by atoms with Gasteiger partial charge in [0.2, 0.25) is 0 Å². The average molecular weight is 330 g/mol. The van der Waals surface area contributed by atoms with Gasteiger partial charge >= 0.3 is 0 Å². The second-order valence-electron chi connectivity index (χ2n) is 7.72. The Bertz CT molecular complexity index is 533. The van der Waals surface area contributed by atoms with Gasteiger partial charge in [-0.25, -0.2) is 0 Å². The van der Waals surface area contributed by atoms with Crippen LogP contribution in [0.2, 0.25) is 0 Å². The van der Waals surface area contributed by atoms with Gasteiger partial charge in [-0.05, 0) is 55.2 Å². The summed E-state index contributed by atoms with van der Waals surface area (Å²) in [5, 5.41) is 9.51. The molecule has 0 saturated carbocycles. The molecule has 2 nitrogen and oxygen atoms in total. The quantitative estimate of drug-likeness (QED) is 0.635. The molecule has 1 aliphatic rings. The molecule has 134 valence electrons. The number of fused-ring (bicyclic) bond motifs is 1. The number of aliphatic hydroxyl groups is 1. The fraction of sp³-hybridized carbons (Fsp3) is 0.636. The van der Waals surface area contributed by atoms with Gasteiger partial charge in [0.1, 0.15) is 0 Å². The first-order valence-corrected chi connectivity index (χ1v) is 9.76. The molecule has 0 radical (unpaired) electrons. The number of aliphatic hydroxyl groups excluding tert-OH is 1. The zero-order chi connectivity index (χ0) is 17.4. The predicted molar refractivity (Wildman–Crippen MR) is 104 cm³/mol. The number of aryl methyl sites for hydroxylation is 2. The van der Waals surface area contributed by atoms with Gasteiger partial charge in [0.15, 0.2) is 0 Å². The standard InChI is InChI=1S/C22H35NO/c1-3-4-5-6-7-8-9-18-10-11-19-12-14-21(22(2,23)17-24)15-13-20(19)16-18/h10-12,14,16,21,24H,3-9,13,15,17,23H2,1-2H3/t21-,22-/m0/s1. The fourth-order valence-electron chi connectivity index (χ4n) is 3.60. The van der Waals surface area contributed by atoms with Crippen molar-refractivity contribution in [3.05, 3.63) is 41.0 Å². The van der Waals surface area contributed by atoms with Gasteiger partial charge < -0.3 is 10.8 Å². The van der Waals surface area contributed by atoms with Crippen molar-refractivity contribution in [3.8, 4) is 0 Å². The van der Waals surface area contributed by atoms with E-state index >= 15 is 0 Å². The van der Waals surface area contributed by atoms with Crippen molar-refractivity contribution in [2.24, 2.45) is 11.7 Å². The van der Waals surface area contributed by atoms with Crippen LogP contribution in [0.4, 0.5) is 0 Å². The van der Waals surface area contributed by atoms with Crippen LogP contribution in [-0.4, -0.2) is 17.3 Å². The molecule has 2 atom stereocenters. The van der Waals surface area contributed by atoms with E-state index in [1.807, 2.05) is 6.92 Å². The summed E-state index contributed by atoms with van der Waals surface area (Å²) in [6, 6.07) is 6.93. The molecule has 0 heterocycles. The van der Waals surface area contributed by atoms with Crippen LogP contribution in [0.1, 0.15) is 75.5 Å². The Labute approximate surface area is 148 Å². The maximum Gasteiger partial charge on any atom is 0.0614 e. The third kappa shape index (κ3) is 5.46. The second-order valence-corrected chi connectivity index (χ2v) is 7.72. The number of hydrogen-bond donors (Lipinski definition) is 2. The molecule has 1 aromatic carbocycles. The molecular weight excluding hydrogens is 294 g/mol. The van der Waals surface area contributed by atoms with Gasteiger partial charge in [0, 0.05) is 5.54 Å². The van der Waals surface area contributed by atoms with Crippen LogP contribution < -0.4 is 5.73 Å². The molecular formula is C22H35NO. The van der Waals surface area contributed by atoms with Gasteiger partial charge in [0.05, 0.1) is 6.61 Å². The highest BCUT2D eigenvalue weighted by Gasteiger charge is 2.28. The van der Waals surface area contributed by atoms with E-state index in [1.165, 1.54) is 61.6 Å². The molecule has 2 rings (SSSR count). The minimum atomic E-state index is -0.528. The average Bonchev–Trinajstić information content (AvgIpc) is 2.80. The van der Waals surface area contributed by atoms with E-state index in [0.717, 1.165) is 12.8 Å². The van der Waals surface area contributed by atoms with Gasteiger partial charge in [-0.15, -0.1) is 0 Å². The van der Waals surface area contributed by atoms with Gasteiger partial charge in [-0.3, -0.25) is 0 Å². The maximum atomic E-state index is 9.51. The lowest BCUT2D eigenvalue weighted by atomic mass is 9.84. The summed E-state index contributed by atoms with van der Waals surface area (Å²) in [5.74, 6) is 0.233. The third-order valence-corrected chi connectivity index (χ3v) is 5.45. The number of hydrogen-bond acceptors (Lipinski definition) is 2. The molecule has 1 aromatic rings. The number of nitrogens with two attached hydrogens (primary N) is 1. The van der Waals surface area contributed by atoms with E-state index in [9.17, 15) is 5.11 Å². The van der Waals surface area contributed by atoms with E-state index in [0.29, 0.717) is 0 Å². The van der Waals surface area contributed by atoms with Crippen molar-refractivity contribution in [2.75, 3.05) is 6.61 Å². The number of unbranched alkanes of at least 4 members (excludes halogenated alkanes) is 5. The predicted octanol–water partition coefficient (Wildman–Crippen LogP) is 4.87. The van der Waals surface area contributed by atoms with Crippen LogP contribution in [0.15, 0.2) is 24.3 Å². The van der Waals surface area contributed by atoms with Crippen LogP contribution >= 0.6 is 0 Å². The van der Waals surface area contributed by atoms with Crippen LogP contribution in [0, 0.1) is 5.92 Å². The maximum absolute atomic E-state index is 9.51. The number of benzene rings is 1.